The molecule has 0 aliphatic carbocycles. The molecule has 0 unspecified atom stereocenters. The molecule has 0 atom stereocenters. The number of nitrogens with one attached hydrogen (secondary N) is 1. The molecule has 0 radical (unpaired) electrons. The number of anilines is 15. The van der Waals surface area contributed by atoms with Crippen LogP contribution in [0, 0.1) is 13.8 Å². The van der Waals surface area contributed by atoms with Crippen molar-refractivity contribution in [2.24, 2.45) is 0 Å². The van der Waals surface area contributed by atoms with Gasteiger partial charge in [-0.3, -0.25) is 8.61 Å². The average molecular weight is 1390 g/mol. The Morgan fingerprint density at radius 2 is 0.716 bits per heavy atom. The number of para-hydroxylation sites is 4. The molecule has 484 valence electrons. The van der Waals surface area contributed by atoms with Crippen molar-refractivity contribution in [2.45, 2.75) is 13.8 Å². The zero-order valence-corrected chi connectivity index (χ0v) is 59.1. The highest BCUT2D eigenvalue weighted by molar-refractivity contribution is 8.00. The van der Waals surface area contributed by atoms with Gasteiger partial charge in [0, 0.05) is 118 Å². The van der Waals surface area contributed by atoms with Gasteiger partial charge in [0.25, 0.3) is 20.1 Å². The molecular weight excluding hydrogens is 1330 g/mol. The molecule has 8 heterocycles. The van der Waals surface area contributed by atoms with Crippen LogP contribution in [0.4, 0.5) is 85.3 Å². The second kappa shape index (κ2) is 23.2. The van der Waals surface area contributed by atoms with Crippen LogP contribution in [0.5, 0.6) is 34.5 Å². The highest BCUT2D eigenvalue weighted by Gasteiger charge is 2.50. The number of fused-ring (bicyclic) bond motifs is 16. The molecule has 0 amide bonds. The van der Waals surface area contributed by atoms with Crippen molar-refractivity contribution < 1.29 is 14.2 Å². The summed E-state index contributed by atoms with van der Waals surface area (Å²) in [5.41, 5.74) is 26.3. The van der Waals surface area contributed by atoms with Crippen LogP contribution in [0.15, 0.2) is 279 Å². The van der Waals surface area contributed by atoms with Crippen molar-refractivity contribution in [2.75, 3.05) is 41.1 Å². The number of ether oxygens (including phenoxy) is 3. The van der Waals surface area contributed by atoms with E-state index in [9.17, 15) is 0 Å². The summed E-state index contributed by atoms with van der Waals surface area (Å²) in [6.07, 6.45) is 4.40. The van der Waals surface area contributed by atoms with E-state index < -0.39 is 0 Å². The first-order valence-electron chi connectivity index (χ1n) is 34.4. The van der Waals surface area contributed by atoms with Gasteiger partial charge in [-0.25, -0.2) is 0 Å². The zero-order valence-electron chi connectivity index (χ0n) is 55.9. The molecule has 0 saturated heterocycles. The molecule has 15 aromatic rings. The Labute approximate surface area is 609 Å². The van der Waals surface area contributed by atoms with Gasteiger partial charge in [-0.1, -0.05) is 145 Å². The normalized spacial score (nSPS) is 13.4. The fourth-order valence-corrected chi connectivity index (χ4v) is 20.6. The van der Waals surface area contributed by atoms with E-state index in [-0.39, 0.29) is 20.1 Å². The summed E-state index contributed by atoms with van der Waals surface area (Å²) in [5.74, 6) is 5.17. The Kier molecular flexibility index (Phi) is 13.6. The van der Waals surface area contributed by atoms with Crippen molar-refractivity contribution in [3.63, 3.8) is 0 Å². The summed E-state index contributed by atoms with van der Waals surface area (Å²) in [6.45, 7) is 3.68. The number of nitrogens with zero attached hydrogens (tertiary/aromatic N) is 5. The van der Waals surface area contributed by atoms with E-state index in [2.05, 4.69) is 334 Å². The van der Waals surface area contributed by atoms with Gasteiger partial charge in [0.15, 0.2) is 0 Å². The predicted molar refractivity (Wildman–Crippen MR) is 438 cm³/mol. The molecule has 0 bridgehead atoms. The van der Waals surface area contributed by atoms with E-state index in [0.717, 1.165) is 152 Å². The Morgan fingerprint density at radius 3 is 1.21 bits per heavy atom. The van der Waals surface area contributed by atoms with E-state index >= 15 is 0 Å². The molecule has 13 aromatic carbocycles. The van der Waals surface area contributed by atoms with Crippen LogP contribution >= 0.6 is 46.6 Å². The molecular formula is C86H59B3N6O3S4. The minimum Gasteiger partial charge on any atom is -0.458 e. The van der Waals surface area contributed by atoms with Crippen LogP contribution in [0.25, 0.3) is 20.2 Å². The van der Waals surface area contributed by atoms with Crippen LogP contribution in [0.3, 0.4) is 0 Å². The molecule has 6 aliphatic rings. The molecule has 0 saturated carbocycles. The Morgan fingerprint density at radius 1 is 0.324 bits per heavy atom. The van der Waals surface area contributed by atoms with E-state index in [1.165, 1.54) is 46.5 Å². The van der Waals surface area contributed by atoms with Crippen LogP contribution in [-0.2, 0) is 0 Å². The maximum atomic E-state index is 7.80. The van der Waals surface area contributed by atoms with Crippen molar-refractivity contribution in [3.8, 4) is 34.5 Å². The highest BCUT2D eigenvalue weighted by atomic mass is 32.2. The van der Waals surface area contributed by atoms with E-state index in [1.807, 2.05) is 22.7 Å². The smallest absolute Gasteiger partial charge is 0.268 e. The Hall–Kier alpha value is -11.1. The average Bonchev–Trinajstić information content (AvgIpc) is 1.01. The third-order valence-electron chi connectivity index (χ3n) is 21.1. The molecule has 0 fully saturated rings. The second-order valence-corrected chi connectivity index (χ2v) is 30.5. The topological polar surface area (TPSA) is 55.9 Å². The molecule has 2 aromatic heterocycles. The number of hydrogen-bond acceptors (Lipinski definition) is 13. The van der Waals surface area contributed by atoms with Crippen molar-refractivity contribution in [1.29, 1.82) is 0 Å². The first kappa shape index (κ1) is 59.7. The minimum absolute atomic E-state index is 0.165. The van der Waals surface area contributed by atoms with Gasteiger partial charge in [-0.15, -0.1) is 22.7 Å². The summed E-state index contributed by atoms with van der Waals surface area (Å²) < 4.78 is 32.4. The molecule has 1 N–H and O–H groups in total. The molecule has 102 heavy (non-hydrogen) atoms. The van der Waals surface area contributed by atoms with Crippen molar-refractivity contribution in [3.05, 3.63) is 290 Å². The SMILES string of the molecule is CSN1c2cc3c(cc2B2c4cc5c(cc4Oc4cc(N(c6ccccc6)c6ccccc6)cc1c42)N(SC)c1cc(N(c2ccccc2)c2ccccc2)cc2c1B5c1sc4ccccc4c1O2)B1c2sc4ccccc4c2Oc2cc(N(c4ccc(C)cc4)c4ccc(C)cc4)cc(c21)N3. The Bertz CT molecular complexity index is 5840. The summed E-state index contributed by atoms with van der Waals surface area (Å²) in [7, 11) is 0. The molecule has 16 heteroatoms. The zero-order chi connectivity index (χ0) is 67.6. The van der Waals surface area contributed by atoms with E-state index in [1.54, 1.807) is 23.9 Å². The van der Waals surface area contributed by atoms with Gasteiger partial charge in [0.2, 0.25) is 0 Å². The summed E-state index contributed by atoms with van der Waals surface area (Å²) >= 11 is 7.13. The largest absolute Gasteiger partial charge is 0.458 e. The van der Waals surface area contributed by atoms with E-state index in [4.69, 9.17) is 14.2 Å². The number of aryl methyl sites for hydroxylation is 2. The quantitative estimate of drug-likeness (QED) is 0.0995. The lowest BCUT2D eigenvalue weighted by Gasteiger charge is -2.43. The summed E-state index contributed by atoms with van der Waals surface area (Å²) in [5, 5.41) is 6.41. The standard InChI is InChI=1S/C86H59B3N6O3S4/c1-51-33-37-57(38-34-51)93(58-39-35-52(2)36-40-58)59-41-69-80-75(44-59)97-83-62-29-17-19-31-78(62)101-85(83)88(80)64-47-65-70(49-68(64)90-69)94(99-3)72-42-60(91(53-21-9-5-10-22-53)54-23-11-6-12-24-54)45-76-81(72)87(65)67-48-66-71(50-74(67)96-76)95(100-4)73-43-61(92(55-25-13-7-14-26-55)56-27-15-8-16-28-56)46-77-82(73)89(66)86-84(98-77)63-30-18-20-32-79(63)102-86/h5-50,90H,1-4H3. The molecule has 9 nitrogen and oxygen atoms in total. The van der Waals surface area contributed by atoms with Crippen molar-refractivity contribution in [1.82, 2.24) is 0 Å². The first-order valence-corrected chi connectivity index (χ1v) is 38.4. The molecule has 0 spiro atoms. The maximum Gasteiger partial charge on any atom is 0.268 e. The number of thiophene rings is 2. The summed E-state index contributed by atoms with van der Waals surface area (Å²) in [4.78, 5) is 7.07. The third kappa shape index (κ3) is 9.08. The third-order valence-corrected chi connectivity index (χ3v) is 25.0. The predicted octanol–water partition coefficient (Wildman–Crippen LogP) is 18.5. The fourth-order valence-electron chi connectivity index (χ4n) is 16.6. The van der Waals surface area contributed by atoms with Crippen LogP contribution in [0.2, 0.25) is 0 Å². The lowest BCUT2D eigenvalue weighted by Crippen LogP contribution is -2.64. The van der Waals surface area contributed by atoms with Crippen LogP contribution < -0.4 is 90.6 Å². The van der Waals surface area contributed by atoms with Gasteiger partial charge < -0.3 is 34.2 Å². The molecule has 6 aliphatic heterocycles. The van der Waals surface area contributed by atoms with Crippen molar-refractivity contribution >= 4 is 220 Å². The highest BCUT2D eigenvalue weighted by Crippen LogP contribution is 2.52. The Balaban J connectivity index is 0.807. The second-order valence-electron chi connectivity index (χ2n) is 26.9. The first-order chi connectivity index (χ1) is 50.3. The summed E-state index contributed by atoms with van der Waals surface area (Å²) in [6, 6.07) is 102. The van der Waals surface area contributed by atoms with Gasteiger partial charge in [0.1, 0.15) is 34.5 Å². The molecule has 21 rings (SSSR count). The lowest BCUT2D eigenvalue weighted by molar-refractivity contribution is 0.488. The number of hydrogen-bond donors (Lipinski definition) is 1. The van der Waals surface area contributed by atoms with Gasteiger partial charge in [-0.05, 0) is 197 Å². The number of benzene rings is 13. The van der Waals surface area contributed by atoms with Crippen LogP contribution in [-0.4, -0.2) is 32.6 Å². The van der Waals surface area contributed by atoms with E-state index in [0.29, 0.717) is 0 Å². The van der Waals surface area contributed by atoms with Gasteiger partial charge in [0.05, 0.1) is 34.1 Å². The monoisotopic (exact) mass is 1380 g/mol. The van der Waals surface area contributed by atoms with Gasteiger partial charge >= 0.3 is 0 Å². The van der Waals surface area contributed by atoms with Crippen LogP contribution in [0.1, 0.15) is 11.1 Å². The van der Waals surface area contributed by atoms with Gasteiger partial charge in [-0.2, -0.15) is 0 Å². The maximum absolute atomic E-state index is 7.80. The lowest BCUT2D eigenvalue weighted by atomic mass is 9.31. The fraction of sp³-hybridized carbons (Fsp3) is 0.0465. The number of rotatable bonds is 11. The minimum atomic E-state index is -0.274.